The summed E-state index contributed by atoms with van der Waals surface area (Å²) in [5, 5.41) is 23.4. The molecule has 1 fully saturated rings. The summed E-state index contributed by atoms with van der Waals surface area (Å²) in [6.07, 6.45) is -5.97. The molecule has 7 heteroatoms. The van der Waals surface area contributed by atoms with Crippen molar-refractivity contribution in [2.45, 2.75) is 55.7 Å². The second-order valence-corrected chi connectivity index (χ2v) is 18.3. The van der Waals surface area contributed by atoms with E-state index in [1.54, 1.807) is 12.1 Å². The lowest BCUT2D eigenvalue weighted by atomic mass is 9.90. The van der Waals surface area contributed by atoms with Gasteiger partial charge in [0.1, 0.15) is 0 Å². The van der Waals surface area contributed by atoms with E-state index in [0.29, 0.717) is 0 Å². The zero-order valence-corrected chi connectivity index (χ0v) is 18.5. The molecule has 3 rings (SSSR count). The van der Waals surface area contributed by atoms with Gasteiger partial charge in [-0.05, 0) is 11.1 Å². The Labute approximate surface area is 166 Å². The summed E-state index contributed by atoms with van der Waals surface area (Å²) in [5.74, 6) is 0. The lowest BCUT2D eigenvalue weighted by molar-refractivity contribution is -0.137. The molecule has 2 nitrogen and oxygen atoms in total. The van der Waals surface area contributed by atoms with Crippen LogP contribution in [0.5, 0.6) is 0 Å². The smallest absolute Gasteiger partial charge is 0.390 e. The van der Waals surface area contributed by atoms with E-state index >= 15 is 0 Å². The summed E-state index contributed by atoms with van der Waals surface area (Å²) >= 11 is 0. The summed E-state index contributed by atoms with van der Waals surface area (Å²) in [7, 11) is -4.43. The molecule has 28 heavy (non-hydrogen) atoms. The van der Waals surface area contributed by atoms with Crippen LogP contribution in [0.15, 0.2) is 54.6 Å². The lowest BCUT2D eigenvalue weighted by Gasteiger charge is -2.58. The summed E-state index contributed by atoms with van der Waals surface area (Å²) in [6.45, 7) is 8.56. The van der Waals surface area contributed by atoms with Crippen LogP contribution in [0.4, 0.5) is 13.2 Å². The van der Waals surface area contributed by atoms with E-state index in [4.69, 9.17) is 0 Å². The quantitative estimate of drug-likeness (QED) is 0.735. The van der Waals surface area contributed by atoms with Crippen molar-refractivity contribution < 1.29 is 23.4 Å². The number of aliphatic hydroxyl groups excluding tert-OH is 2. The van der Waals surface area contributed by atoms with Gasteiger partial charge in [-0.3, -0.25) is 0 Å². The first-order valence-electron chi connectivity index (χ1n) is 9.48. The van der Waals surface area contributed by atoms with E-state index in [-0.39, 0.29) is 11.1 Å². The van der Waals surface area contributed by atoms with Gasteiger partial charge in [-0.15, -0.1) is 0 Å². The van der Waals surface area contributed by atoms with Gasteiger partial charge in [0, 0.05) is 0 Å². The second kappa shape index (κ2) is 7.13. The van der Waals surface area contributed by atoms with Crippen molar-refractivity contribution in [2.24, 2.45) is 0 Å². The summed E-state index contributed by atoms with van der Waals surface area (Å²) < 4.78 is 38.7. The molecule has 0 heterocycles. The van der Waals surface area contributed by atoms with Crippen LogP contribution < -0.4 is 10.4 Å². The topological polar surface area (TPSA) is 40.5 Å². The number of alkyl halides is 3. The maximum Gasteiger partial charge on any atom is 0.416 e. The summed E-state index contributed by atoms with van der Waals surface area (Å²) in [6, 6.07) is 15.4. The van der Waals surface area contributed by atoms with Gasteiger partial charge < -0.3 is 10.2 Å². The standard InChI is InChI=1S/C21H27F3O2Si2/c1-27(2,15-8-6-5-7-9-15)19-17(25)18(26)20(19)28(3,4)16-12-10-14(11-13-16)21(22,23)24/h5-13,17-20,25-26H,1-4H3/t17-,18+,19+,20-/m1/s1. The van der Waals surface area contributed by atoms with Crippen molar-refractivity contribution in [3.05, 3.63) is 60.2 Å². The minimum atomic E-state index is -4.36. The minimum absolute atomic E-state index is 0.0335. The zero-order chi connectivity index (χ0) is 20.9. The molecule has 0 aliphatic heterocycles. The van der Waals surface area contributed by atoms with Crippen LogP contribution in [-0.2, 0) is 6.18 Å². The highest BCUT2D eigenvalue weighted by atomic mass is 28.3. The second-order valence-electron chi connectivity index (χ2n) is 8.92. The van der Waals surface area contributed by atoms with E-state index in [9.17, 15) is 23.4 Å². The molecule has 2 aromatic rings. The molecule has 4 atom stereocenters. The van der Waals surface area contributed by atoms with Gasteiger partial charge in [-0.1, -0.05) is 91.2 Å². The predicted molar refractivity (Wildman–Crippen MR) is 112 cm³/mol. The molecule has 0 aromatic heterocycles. The third-order valence-corrected chi connectivity index (χ3v) is 15.3. The maximum absolute atomic E-state index is 12.9. The van der Waals surface area contributed by atoms with E-state index in [1.165, 1.54) is 5.19 Å². The summed E-state index contributed by atoms with van der Waals surface area (Å²) in [4.78, 5) is 0. The predicted octanol–water partition coefficient (Wildman–Crippen LogP) is 3.71. The van der Waals surface area contributed by atoms with E-state index in [1.807, 2.05) is 18.2 Å². The first-order valence-corrected chi connectivity index (χ1v) is 15.6. The highest BCUT2D eigenvalue weighted by Gasteiger charge is 2.62. The summed E-state index contributed by atoms with van der Waals surface area (Å²) in [5.41, 5.74) is -0.791. The van der Waals surface area contributed by atoms with Crippen molar-refractivity contribution in [1.82, 2.24) is 0 Å². The van der Waals surface area contributed by atoms with E-state index < -0.39 is 40.1 Å². The van der Waals surface area contributed by atoms with Gasteiger partial charge >= 0.3 is 6.18 Å². The molecular weight excluding hydrogens is 397 g/mol. The van der Waals surface area contributed by atoms with Gasteiger partial charge in [-0.2, -0.15) is 13.2 Å². The Bertz CT molecular complexity index is 820. The average molecular weight is 425 g/mol. The Morgan fingerprint density at radius 1 is 0.679 bits per heavy atom. The van der Waals surface area contributed by atoms with E-state index in [0.717, 1.165) is 17.3 Å². The fourth-order valence-corrected chi connectivity index (χ4v) is 14.4. The third-order valence-electron chi connectivity index (χ3n) is 6.61. The van der Waals surface area contributed by atoms with Crippen molar-refractivity contribution in [3.8, 4) is 0 Å². The van der Waals surface area contributed by atoms with Crippen LogP contribution in [0.25, 0.3) is 0 Å². The molecule has 2 N–H and O–H groups in total. The van der Waals surface area contributed by atoms with Gasteiger partial charge in [0.05, 0.1) is 33.9 Å². The van der Waals surface area contributed by atoms with E-state index in [2.05, 4.69) is 38.3 Å². The highest BCUT2D eigenvalue weighted by molar-refractivity contribution is 6.97. The Morgan fingerprint density at radius 3 is 1.46 bits per heavy atom. The number of benzene rings is 2. The van der Waals surface area contributed by atoms with Gasteiger partial charge in [0.25, 0.3) is 0 Å². The molecule has 1 aliphatic carbocycles. The maximum atomic E-state index is 12.9. The highest BCUT2D eigenvalue weighted by Crippen LogP contribution is 2.55. The average Bonchev–Trinajstić information content (AvgIpc) is 2.65. The minimum Gasteiger partial charge on any atom is -0.390 e. The number of hydrogen-bond donors (Lipinski definition) is 2. The fraction of sp³-hybridized carbons (Fsp3) is 0.429. The first kappa shape index (κ1) is 21.3. The molecule has 0 bridgehead atoms. The molecule has 152 valence electrons. The van der Waals surface area contributed by atoms with Gasteiger partial charge in [0.2, 0.25) is 0 Å². The van der Waals surface area contributed by atoms with Crippen LogP contribution in [0.2, 0.25) is 37.3 Å². The SMILES string of the molecule is C[Si](C)(c1ccc(C(F)(F)F)cc1)[C@@H]1[C@@H](O)[C@@H](O)[C@@H]1[Si](C)(C)c1ccccc1. The molecule has 0 amide bonds. The molecule has 1 saturated carbocycles. The Kier molecular flexibility index (Phi) is 5.42. The number of halogens is 3. The van der Waals surface area contributed by atoms with Crippen molar-refractivity contribution in [2.75, 3.05) is 0 Å². The van der Waals surface area contributed by atoms with Crippen LogP contribution >= 0.6 is 0 Å². The first-order chi connectivity index (χ1) is 12.9. The van der Waals surface area contributed by atoms with Crippen molar-refractivity contribution in [3.63, 3.8) is 0 Å². The van der Waals surface area contributed by atoms with Crippen LogP contribution in [0.1, 0.15) is 5.56 Å². The molecule has 0 saturated heterocycles. The van der Waals surface area contributed by atoms with Crippen molar-refractivity contribution in [1.29, 1.82) is 0 Å². The number of aliphatic hydroxyl groups is 2. The molecule has 0 radical (unpaired) electrons. The third kappa shape index (κ3) is 3.49. The molecule has 0 unspecified atom stereocenters. The van der Waals surface area contributed by atoms with Gasteiger partial charge in [-0.25, -0.2) is 0 Å². The largest absolute Gasteiger partial charge is 0.416 e. The van der Waals surface area contributed by atoms with Crippen LogP contribution in [-0.4, -0.2) is 38.6 Å². The Balaban J connectivity index is 1.96. The number of rotatable bonds is 4. The molecule has 0 spiro atoms. The Morgan fingerprint density at radius 2 is 1.07 bits per heavy atom. The lowest BCUT2D eigenvalue weighted by Crippen LogP contribution is -2.70. The molecular formula is C21H27F3O2Si2. The monoisotopic (exact) mass is 424 g/mol. The van der Waals surface area contributed by atoms with Crippen molar-refractivity contribution >= 4 is 26.5 Å². The van der Waals surface area contributed by atoms with Crippen LogP contribution in [0, 0.1) is 0 Å². The molecule has 2 aromatic carbocycles. The normalized spacial score (nSPS) is 26.0. The Hall–Kier alpha value is -1.42. The fourth-order valence-electron chi connectivity index (χ4n) is 4.80. The van der Waals surface area contributed by atoms with Gasteiger partial charge in [0.15, 0.2) is 0 Å². The zero-order valence-electron chi connectivity index (χ0n) is 16.5. The number of hydrogen-bond acceptors (Lipinski definition) is 2. The van der Waals surface area contributed by atoms with Crippen LogP contribution in [0.3, 0.4) is 0 Å². The molecule has 1 aliphatic rings.